The molecular formula is C5H14O4P2. The van der Waals surface area contributed by atoms with Crippen LogP contribution in [0, 0.1) is 0 Å². The van der Waals surface area contributed by atoms with Crippen LogP contribution >= 0.6 is 14.7 Å². The molecule has 0 aliphatic carbocycles. The van der Waals surface area contributed by atoms with Crippen molar-refractivity contribution in [3.63, 3.8) is 0 Å². The van der Waals surface area contributed by atoms with Gasteiger partial charge in [0.1, 0.15) is 5.90 Å². The maximum absolute atomic E-state index is 11.5. The maximum Gasteiger partial charge on any atom is 0.332 e. The Labute approximate surface area is 66.5 Å². The molecule has 2 N–H and O–H groups in total. The first-order valence-electron chi connectivity index (χ1n) is 3.44. The molecule has 0 radical (unpaired) electrons. The summed E-state index contributed by atoms with van der Waals surface area (Å²) >= 11 is 0. The lowest BCUT2D eigenvalue weighted by atomic mass is 11.0. The van der Waals surface area contributed by atoms with Gasteiger partial charge in [-0.3, -0.25) is 4.57 Å². The van der Waals surface area contributed by atoms with Crippen LogP contribution in [-0.2, 0) is 9.13 Å². The van der Waals surface area contributed by atoms with Crippen molar-refractivity contribution >= 4 is 14.7 Å². The van der Waals surface area contributed by atoms with Crippen molar-refractivity contribution in [3.05, 3.63) is 0 Å². The average molecular weight is 200 g/mol. The summed E-state index contributed by atoms with van der Waals surface area (Å²) in [6, 6.07) is 0. The molecule has 0 aromatic heterocycles. The van der Waals surface area contributed by atoms with Crippen LogP contribution in [0.1, 0.15) is 13.8 Å². The van der Waals surface area contributed by atoms with Crippen molar-refractivity contribution < 1.29 is 18.9 Å². The molecule has 0 fully saturated rings. The summed E-state index contributed by atoms with van der Waals surface area (Å²) in [5, 5.41) is 0. The van der Waals surface area contributed by atoms with Crippen molar-refractivity contribution in [2.45, 2.75) is 13.8 Å². The van der Waals surface area contributed by atoms with E-state index in [1.54, 1.807) is 13.8 Å². The highest BCUT2D eigenvalue weighted by Crippen LogP contribution is 2.56. The predicted molar refractivity (Wildman–Crippen MR) is 45.6 cm³/mol. The van der Waals surface area contributed by atoms with Gasteiger partial charge in [0, 0.05) is 0 Å². The van der Waals surface area contributed by atoms with Gasteiger partial charge >= 0.3 is 7.60 Å². The lowest BCUT2D eigenvalue weighted by Crippen LogP contribution is -1.96. The van der Waals surface area contributed by atoms with Gasteiger partial charge in [0.25, 0.3) is 0 Å². The highest BCUT2D eigenvalue weighted by atomic mass is 31.2. The molecule has 0 saturated carbocycles. The molecule has 0 aromatic rings. The smallest absolute Gasteiger partial charge is 0.324 e. The number of hydrogen-bond acceptors (Lipinski definition) is 2. The van der Waals surface area contributed by atoms with Gasteiger partial charge in [0.05, 0.1) is 7.14 Å². The first-order chi connectivity index (χ1) is 4.83. The van der Waals surface area contributed by atoms with Crippen LogP contribution in [0.15, 0.2) is 0 Å². The molecule has 11 heavy (non-hydrogen) atoms. The van der Waals surface area contributed by atoms with Gasteiger partial charge in [0.15, 0.2) is 0 Å². The molecule has 0 saturated heterocycles. The third kappa shape index (κ3) is 4.76. The van der Waals surface area contributed by atoms with Gasteiger partial charge in [-0.2, -0.15) is 0 Å². The second-order valence-electron chi connectivity index (χ2n) is 2.50. The van der Waals surface area contributed by atoms with Gasteiger partial charge in [-0.05, 0) is 12.3 Å². The zero-order valence-corrected chi connectivity index (χ0v) is 8.52. The molecule has 0 atom stereocenters. The predicted octanol–water partition coefficient (Wildman–Crippen LogP) is 1.52. The molecular weight excluding hydrogens is 186 g/mol. The quantitative estimate of drug-likeness (QED) is 0.674. The SMILES string of the molecule is CCP(=O)(CC)CP(=O)(O)O. The zero-order chi connectivity index (χ0) is 9.12. The van der Waals surface area contributed by atoms with E-state index in [2.05, 4.69) is 0 Å². The Morgan fingerprint density at radius 2 is 1.45 bits per heavy atom. The normalized spacial score (nSPS) is 13.5. The van der Waals surface area contributed by atoms with E-state index < -0.39 is 20.6 Å². The van der Waals surface area contributed by atoms with Crippen LogP contribution in [0.4, 0.5) is 0 Å². The lowest BCUT2D eigenvalue weighted by Gasteiger charge is -2.14. The second kappa shape index (κ2) is 3.86. The van der Waals surface area contributed by atoms with Gasteiger partial charge in [-0.25, -0.2) is 0 Å². The first kappa shape index (κ1) is 11.4. The van der Waals surface area contributed by atoms with Crippen molar-refractivity contribution in [2.75, 3.05) is 18.2 Å². The molecule has 0 aromatic carbocycles. The molecule has 0 amide bonds. The molecule has 4 nitrogen and oxygen atoms in total. The Kier molecular flexibility index (Phi) is 3.99. The number of rotatable bonds is 4. The fourth-order valence-electron chi connectivity index (χ4n) is 0.759. The van der Waals surface area contributed by atoms with Crippen LogP contribution in [0.5, 0.6) is 0 Å². The Bertz CT molecular complexity index is 199. The monoisotopic (exact) mass is 200 g/mol. The summed E-state index contributed by atoms with van der Waals surface area (Å²) in [4.78, 5) is 17.1. The minimum atomic E-state index is -4.08. The lowest BCUT2D eigenvalue weighted by molar-refractivity contribution is 0.378. The Morgan fingerprint density at radius 3 is 1.55 bits per heavy atom. The Balaban J connectivity index is 4.34. The largest absolute Gasteiger partial charge is 0.332 e. The van der Waals surface area contributed by atoms with E-state index in [1.165, 1.54) is 0 Å². The minimum Gasteiger partial charge on any atom is -0.324 e. The molecule has 0 rings (SSSR count). The summed E-state index contributed by atoms with van der Waals surface area (Å²) < 4.78 is 22.0. The minimum absolute atomic E-state index is 0.370. The van der Waals surface area contributed by atoms with Crippen molar-refractivity contribution in [3.8, 4) is 0 Å². The van der Waals surface area contributed by atoms with Crippen molar-refractivity contribution in [2.24, 2.45) is 0 Å². The third-order valence-corrected chi connectivity index (χ3v) is 7.44. The Hall–Kier alpha value is 0.380. The van der Waals surface area contributed by atoms with E-state index in [4.69, 9.17) is 9.79 Å². The number of hydrogen-bond donors (Lipinski definition) is 2. The average Bonchev–Trinajstić information content (AvgIpc) is 1.84. The molecule has 0 heterocycles. The molecule has 0 aliphatic rings. The van der Waals surface area contributed by atoms with Gasteiger partial charge in [0.2, 0.25) is 0 Å². The van der Waals surface area contributed by atoms with E-state index in [9.17, 15) is 9.13 Å². The molecule has 68 valence electrons. The van der Waals surface area contributed by atoms with E-state index >= 15 is 0 Å². The van der Waals surface area contributed by atoms with Crippen molar-refractivity contribution in [1.82, 2.24) is 0 Å². The maximum atomic E-state index is 11.5. The van der Waals surface area contributed by atoms with Crippen LogP contribution in [-0.4, -0.2) is 28.0 Å². The van der Waals surface area contributed by atoms with Crippen LogP contribution < -0.4 is 0 Å². The highest BCUT2D eigenvalue weighted by molar-refractivity contribution is 7.76. The fraction of sp³-hybridized carbons (Fsp3) is 1.00. The van der Waals surface area contributed by atoms with E-state index in [1.807, 2.05) is 0 Å². The molecule has 0 bridgehead atoms. The van der Waals surface area contributed by atoms with Crippen LogP contribution in [0.25, 0.3) is 0 Å². The second-order valence-corrected chi connectivity index (χ2v) is 8.34. The van der Waals surface area contributed by atoms with Crippen LogP contribution in [0.3, 0.4) is 0 Å². The van der Waals surface area contributed by atoms with Crippen molar-refractivity contribution in [1.29, 1.82) is 0 Å². The highest BCUT2D eigenvalue weighted by Gasteiger charge is 2.27. The van der Waals surface area contributed by atoms with E-state index in [0.29, 0.717) is 12.3 Å². The molecule has 6 heteroatoms. The molecule has 0 aliphatic heterocycles. The summed E-state index contributed by atoms with van der Waals surface area (Å²) in [7, 11) is -6.65. The summed E-state index contributed by atoms with van der Waals surface area (Å²) in [6.07, 6.45) is 0.739. The van der Waals surface area contributed by atoms with Gasteiger partial charge in [-0.15, -0.1) is 0 Å². The standard InChI is InChI=1S/C5H14O4P2/c1-3-10(6,4-2)5-11(7,8)9/h3-5H2,1-2H3,(H2,7,8,9). The molecule has 0 spiro atoms. The zero-order valence-electron chi connectivity index (χ0n) is 6.73. The Morgan fingerprint density at radius 1 is 1.09 bits per heavy atom. The summed E-state index contributed by atoms with van der Waals surface area (Å²) in [6.45, 7) is 3.39. The van der Waals surface area contributed by atoms with Gasteiger partial charge in [-0.1, -0.05) is 13.8 Å². The summed E-state index contributed by atoms with van der Waals surface area (Å²) in [5.41, 5.74) is 0. The topological polar surface area (TPSA) is 74.6 Å². The van der Waals surface area contributed by atoms with Crippen LogP contribution in [0.2, 0.25) is 0 Å². The summed E-state index contributed by atoms with van der Waals surface area (Å²) in [5.74, 6) is -0.438. The third-order valence-electron chi connectivity index (χ3n) is 1.59. The molecule has 0 unspecified atom stereocenters. The first-order valence-corrected chi connectivity index (χ1v) is 7.50. The van der Waals surface area contributed by atoms with E-state index in [0.717, 1.165) is 0 Å². The fourth-order valence-corrected chi connectivity index (χ4v) is 5.49. The van der Waals surface area contributed by atoms with E-state index in [-0.39, 0.29) is 0 Å². The van der Waals surface area contributed by atoms with Gasteiger partial charge < -0.3 is 14.4 Å².